The highest BCUT2D eigenvalue weighted by Crippen LogP contribution is 2.34. The summed E-state index contributed by atoms with van der Waals surface area (Å²) in [6, 6.07) is 24.1. The third-order valence-electron chi connectivity index (χ3n) is 7.20. The number of aliphatic imine (C=N–C) groups is 1. The van der Waals surface area contributed by atoms with Crippen LogP contribution in [0, 0.1) is 0 Å². The van der Waals surface area contributed by atoms with Gasteiger partial charge in [-0.25, -0.2) is 4.79 Å². The minimum Gasteiger partial charge on any atom is -0.486 e. The molecule has 7 nitrogen and oxygen atoms in total. The number of fused-ring (bicyclic) bond motifs is 1. The predicted octanol–water partition coefficient (Wildman–Crippen LogP) is 6.71. The Morgan fingerprint density at radius 2 is 1.71 bits per heavy atom. The van der Waals surface area contributed by atoms with Crippen LogP contribution in [0.1, 0.15) is 53.2 Å². The molecule has 0 saturated carbocycles. The minimum absolute atomic E-state index is 0.349. The molecule has 2 aliphatic rings. The molecular formula is C33H36ClN3O4. The van der Waals surface area contributed by atoms with Crippen LogP contribution in [-0.2, 0) is 17.8 Å². The maximum absolute atomic E-state index is 12.0. The van der Waals surface area contributed by atoms with Crippen molar-refractivity contribution in [2.75, 3.05) is 27.0 Å². The van der Waals surface area contributed by atoms with Gasteiger partial charge in [-0.1, -0.05) is 73.5 Å². The lowest BCUT2D eigenvalue weighted by molar-refractivity contribution is 0.0600. The minimum atomic E-state index is -0.542. The number of hydrogen-bond acceptors (Lipinski definition) is 7. The van der Waals surface area contributed by atoms with E-state index in [1.807, 2.05) is 30.5 Å². The number of unbranched alkanes of at least 4 members (excludes halogenated alkanes) is 1. The number of alkyl halides is 1. The zero-order valence-corrected chi connectivity index (χ0v) is 24.3. The van der Waals surface area contributed by atoms with Crippen molar-refractivity contribution in [2.45, 2.75) is 44.9 Å². The van der Waals surface area contributed by atoms with E-state index < -0.39 is 5.62 Å². The summed E-state index contributed by atoms with van der Waals surface area (Å²) in [7, 11) is 1.39. The Morgan fingerprint density at radius 3 is 2.44 bits per heavy atom. The van der Waals surface area contributed by atoms with Crippen molar-refractivity contribution in [1.29, 1.82) is 0 Å². The van der Waals surface area contributed by atoms with Gasteiger partial charge in [0.2, 0.25) is 0 Å². The molecule has 0 aliphatic carbocycles. The fraction of sp³-hybridized carbons (Fsp3) is 0.333. The molecular weight excluding hydrogens is 538 g/mol. The Morgan fingerprint density at radius 1 is 1.00 bits per heavy atom. The third kappa shape index (κ3) is 7.10. The van der Waals surface area contributed by atoms with Crippen molar-refractivity contribution in [2.24, 2.45) is 4.99 Å². The van der Waals surface area contributed by atoms with E-state index in [-0.39, 0.29) is 5.97 Å². The number of nitrogens with zero attached hydrogens (tertiary/aromatic N) is 3. The lowest BCUT2D eigenvalue weighted by atomic mass is 10.0. The molecule has 41 heavy (non-hydrogen) atoms. The number of carbonyl (C=O) groups excluding carboxylic acids is 1. The zero-order chi connectivity index (χ0) is 28.6. The fourth-order valence-electron chi connectivity index (χ4n) is 5.16. The summed E-state index contributed by atoms with van der Waals surface area (Å²) in [4.78, 5) is 21.2. The molecule has 1 atom stereocenters. The van der Waals surface area contributed by atoms with Crippen LogP contribution in [0.5, 0.6) is 11.5 Å². The van der Waals surface area contributed by atoms with Crippen molar-refractivity contribution < 1.29 is 19.0 Å². The molecule has 2 heterocycles. The number of hydrogen-bond donors (Lipinski definition) is 0. The summed E-state index contributed by atoms with van der Waals surface area (Å²) >= 11 is 6.92. The van der Waals surface area contributed by atoms with Crippen molar-refractivity contribution in [1.82, 2.24) is 9.80 Å². The number of allylic oxidation sites excluding steroid dienone is 1. The van der Waals surface area contributed by atoms with Gasteiger partial charge in [-0.05, 0) is 59.4 Å². The van der Waals surface area contributed by atoms with Crippen LogP contribution in [0.3, 0.4) is 0 Å². The smallest absolute Gasteiger partial charge is 0.337 e. The second-order valence-corrected chi connectivity index (χ2v) is 10.6. The zero-order valence-electron chi connectivity index (χ0n) is 23.6. The molecule has 2 aliphatic heterocycles. The number of carbonyl (C=O) groups is 1. The third-order valence-corrected chi connectivity index (χ3v) is 7.54. The molecule has 5 rings (SSSR count). The van der Waals surface area contributed by atoms with Crippen LogP contribution < -0.4 is 9.47 Å². The quantitative estimate of drug-likeness (QED) is 0.144. The highest BCUT2D eigenvalue weighted by molar-refractivity contribution is 6.21. The van der Waals surface area contributed by atoms with Crippen LogP contribution in [0.15, 0.2) is 83.4 Å². The number of halogens is 1. The normalized spacial score (nSPS) is 16.3. The number of ether oxygens (including phenoxy) is 3. The molecule has 214 valence electrons. The van der Waals surface area contributed by atoms with E-state index in [4.69, 9.17) is 25.8 Å². The van der Waals surface area contributed by atoms with E-state index in [9.17, 15) is 4.79 Å². The maximum atomic E-state index is 12.0. The van der Waals surface area contributed by atoms with Gasteiger partial charge < -0.3 is 19.1 Å². The van der Waals surface area contributed by atoms with Crippen molar-refractivity contribution in [3.63, 3.8) is 0 Å². The summed E-state index contributed by atoms with van der Waals surface area (Å²) in [6.07, 6.45) is 5.05. The van der Waals surface area contributed by atoms with E-state index in [2.05, 4.69) is 58.1 Å². The summed E-state index contributed by atoms with van der Waals surface area (Å²) in [5.74, 6) is 1.18. The first-order chi connectivity index (χ1) is 20.1. The number of rotatable bonds is 11. The Hall–Kier alpha value is -3.81. The highest BCUT2D eigenvalue weighted by Gasteiger charge is 2.27. The fourth-order valence-corrected chi connectivity index (χ4v) is 5.37. The predicted molar refractivity (Wildman–Crippen MR) is 162 cm³/mol. The summed E-state index contributed by atoms with van der Waals surface area (Å²) in [5, 5.41) is 0. The molecule has 0 amide bonds. The first kappa shape index (κ1) is 28.7. The number of benzene rings is 3. The molecule has 0 N–H and O–H groups in total. The van der Waals surface area contributed by atoms with Gasteiger partial charge in [-0.3, -0.25) is 9.89 Å². The summed E-state index contributed by atoms with van der Waals surface area (Å²) in [6.45, 7) is 5.11. The van der Waals surface area contributed by atoms with E-state index in [0.29, 0.717) is 38.5 Å². The van der Waals surface area contributed by atoms with Crippen LogP contribution >= 0.6 is 11.6 Å². The molecule has 3 aromatic carbocycles. The van der Waals surface area contributed by atoms with Crippen LogP contribution in [0.25, 0.3) is 5.70 Å². The molecule has 3 aromatic rings. The molecule has 0 bridgehead atoms. The van der Waals surface area contributed by atoms with Crippen molar-refractivity contribution >= 4 is 29.5 Å². The molecule has 1 unspecified atom stereocenters. The van der Waals surface area contributed by atoms with Crippen LogP contribution in [0.2, 0.25) is 0 Å². The van der Waals surface area contributed by atoms with Crippen molar-refractivity contribution in [3.8, 4) is 11.5 Å². The lowest BCUT2D eigenvalue weighted by Gasteiger charge is -2.38. The molecule has 0 radical (unpaired) electrons. The standard InChI is InChI=1S/C33H36ClN3O4/c1-3-4-8-28-20-35-33(34)37(31(28)26-9-6-5-7-10-26)23-36(21-24-11-14-27(15-12-24)32(38)39-2)22-25-13-16-29-30(19-25)41-18-17-40-29/h5-7,9-16,19-20,33H,3-4,8,17-18,21-23H2,1-2H3. The topological polar surface area (TPSA) is 63.6 Å². The van der Waals surface area contributed by atoms with Gasteiger partial charge in [0, 0.05) is 19.3 Å². The van der Waals surface area contributed by atoms with E-state index in [1.54, 1.807) is 12.1 Å². The average Bonchev–Trinajstić information content (AvgIpc) is 3.01. The first-order valence-electron chi connectivity index (χ1n) is 14.1. The lowest BCUT2D eigenvalue weighted by Crippen LogP contribution is -2.41. The monoisotopic (exact) mass is 573 g/mol. The molecule has 0 spiro atoms. The van der Waals surface area contributed by atoms with Gasteiger partial charge in [0.25, 0.3) is 0 Å². The van der Waals surface area contributed by atoms with Crippen molar-refractivity contribution in [3.05, 3.63) is 101 Å². The van der Waals surface area contributed by atoms with Gasteiger partial charge in [-0.2, -0.15) is 0 Å². The van der Waals surface area contributed by atoms with Gasteiger partial charge in [0.05, 0.1) is 25.0 Å². The van der Waals surface area contributed by atoms with Crippen LogP contribution in [0.4, 0.5) is 0 Å². The molecule has 0 saturated heterocycles. The first-order valence-corrected chi connectivity index (χ1v) is 14.5. The Balaban J connectivity index is 1.47. The van der Waals surface area contributed by atoms with Gasteiger partial charge >= 0.3 is 5.97 Å². The Labute approximate surface area is 247 Å². The van der Waals surface area contributed by atoms with Gasteiger partial charge in [0.15, 0.2) is 17.1 Å². The maximum Gasteiger partial charge on any atom is 0.337 e. The van der Waals surface area contributed by atoms with Gasteiger partial charge in [0.1, 0.15) is 13.2 Å². The van der Waals surface area contributed by atoms with E-state index in [1.165, 1.54) is 12.7 Å². The molecule has 0 aromatic heterocycles. The Bertz CT molecular complexity index is 1390. The summed E-state index contributed by atoms with van der Waals surface area (Å²) in [5.41, 5.74) is 5.58. The highest BCUT2D eigenvalue weighted by atomic mass is 35.5. The molecule has 8 heteroatoms. The number of esters is 1. The largest absolute Gasteiger partial charge is 0.486 e. The van der Waals surface area contributed by atoms with Gasteiger partial charge in [-0.15, -0.1) is 0 Å². The van der Waals surface area contributed by atoms with Crippen LogP contribution in [-0.4, -0.2) is 54.6 Å². The summed E-state index contributed by atoms with van der Waals surface area (Å²) < 4.78 is 16.5. The second kappa shape index (κ2) is 13.7. The van der Waals surface area contributed by atoms with E-state index >= 15 is 0 Å². The average molecular weight is 574 g/mol. The second-order valence-electron chi connectivity index (χ2n) is 10.2. The van der Waals surface area contributed by atoms with E-state index in [0.717, 1.165) is 53.1 Å². The molecule has 0 fully saturated rings. The Kier molecular flexibility index (Phi) is 9.59. The number of methoxy groups -OCH3 is 1. The SMILES string of the molecule is CCCCC1=C(c2ccccc2)N(CN(Cc2ccc(C(=O)OC)cc2)Cc2ccc3c(c2)OCCO3)C(Cl)N=C1.